The molecule has 0 spiro atoms. The van der Waals surface area contributed by atoms with E-state index in [1.165, 1.54) is 0 Å². The van der Waals surface area contributed by atoms with Crippen molar-refractivity contribution in [1.82, 2.24) is 19.9 Å². The summed E-state index contributed by atoms with van der Waals surface area (Å²) < 4.78 is 0. The fourth-order valence-corrected chi connectivity index (χ4v) is 6.36. The fraction of sp³-hybridized carbons (Fsp3) is 0.0270. The quantitative estimate of drug-likeness (QED) is 0.176. The number of aromatic nitrogens is 4. The monoisotopic (exact) mass is 537 g/mol. The third kappa shape index (κ3) is 3.44. The van der Waals surface area contributed by atoms with Gasteiger partial charge in [0.25, 0.3) is 0 Å². The highest BCUT2D eigenvalue weighted by Gasteiger charge is 2.18. The Hall–Kier alpha value is -5.68. The summed E-state index contributed by atoms with van der Waals surface area (Å²) in [4.78, 5) is 19.6. The number of nitrogens with one attached hydrogen (secondary N) is 1. The van der Waals surface area contributed by atoms with Gasteiger partial charge in [-0.15, -0.1) is 0 Å². The number of para-hydroxylation sites is 1. The van der Waals surface area contributed by atoms with Crippen molar-refractivity contribution in [1.29, 1.82) is 0 Å². The van der Waals surface area contributed by atoms with Crippen LogP contribution in [0.3, 0.4) is 0 Å². The normalized spacial score (nSPS) is 12.8. The van der Waals surface area contributed by atoms with Crippen LogP contribution < -0.4 is 5.32 Å². The number of pyridine rings is 4. The molecule has 0 amide bonds. The summed E-state index contributed by atoms with van der Waals surface area (Å²) in [7, 11) is 0. The molecular formula is C37H23N5. The van der Waals surface area contributed by atoms with Crippen LogP contribution in [-0.4, -0.2) is 26.5 Å². The highest BCUT2D eigenvalue weighted by Crippen LogP contribution is 2.40. The molecule has 0 aliphatic carbocycles. The average Bonchev–Trinajstić information content (AvgIpc) is 3.06. The maximum atomic E-state index is 5.21. The van der Waals surface area contributed by atoms with E-state index in [1.807, 2.05) is 24.5 Å². The first kappa shape index (κ1) is 23.1. The maximum absolute atomic E-state index is 5.21. The molecule has 5 heteroatoms. The Morgan fingerprint density at radius 3 is 2.50 bits per heavy atom. The Morgan fingerprint density at radius 2 is 1.50 bits per heavy atom. The molecule has 196 valence electrons. The van der Waals surface area contributed by atoms with Crippen molar-refractivity contribution in [3.63, 3.8) is 0 Å². The van der Waals surface area contributed by atoms with Crippen molar-refractivity contribution in [2.24, 2.45) is 0 Å². The second-order valence-corrected chi connectivity index (χ2v) is 10.7. The van der Waals surface area contributed by atoms with E-state index in [1.54, 1.807) is 0 Å². The summed E-state index contributed by atoms with van der Waals surface area (Å²) in [5.41, 5.74) is 11.3. The van der Waals surface area contributed by atoms with E-state index >= 15 is 0 Å². The lowest BCUT2D eigenvalue weighted by Gasteiger charge is -2.18. The topological polar surface area (TPSA) is 63.6 Å². The summed E-state index contributed by atoms with van der Waals surface area (Å²) >= 11 is 0. The highest BCUT2D eigenvalue weighted by atomic mass is 14.9. The number of anilines is 1. The molecule has 0 saturated carbocycles. The molecule has 0 unspecified atom stereocenters. The van der Waals surface area contributed by atoms with E-state index in [0.717, 1.165) is 94.7 Å². The van der Waals surface area contributed by atoms with Gasteiger partial charge in [-0.1, -0.05) is 72.8 Å². The molecule has 42 heavy (non-hydrogen) atoms. The lowest BCUT2D eigenvalue weighted by molar-refractivity contribution is 1.31. The van der Waals surface area contributed by atoms with Crippen molar-refractivity contribution in [3.8, 4) is 22.4 Å². The molecule has 1 aliphatic rings. The number of hydrogen-bond acceptors (Lipinski definition) is 5. The zero-order chi connectivity index (χ0) is 27.6. The first-order valence-corrected chi connectivity index (χ1v) is 14.1. The third-order valence-electron chi connectivity index (χ3n) is 8.32. The Morgan fingerprint density at radius 1 is 0.595 bits per heavy atom. The molecular weight excluding hydrogens is 514 g/mol. The Bertz CT molecular complexity index is 2430. The zero-order valence-corrected chi connectivity index (χ0v) is 22.5. The van der Waals surface area contributed by atoms with Gasteiger partial charge in [0.15, 0.2) is 0 Å². The Kier molecular flexibility index (Phi) is 4.90. The van der Waals surface area contributed by atoms with Gasteiger partial charge in [-0.2, -0.15) is 0 Å². The summed E-state index contributed by atoms with van der Waals surface area (Å²) in [5.74, 6) is 0. The van der Waals surface area contributed by atoms with Crippen LogP contribution in [0.15, 0.2) is 116 Å². The number of nitrogens with zero attached hydrogens (tertiary/aromatic N) is 4. The minimum Gasteiger partial charge on any atom is -0.379 e. The number of hydrogen-bond donors (Lipinski definition) is 1. The molecule has 4 aromatic heterocycles. The van der Waals surface area contributed by atoms with Crippen LogP contribution in [0, 0.1) is 0 Å². The SMILES string of the molecule is C1=Cc2ccc3c(-c4ccc5cc(-c6ccnc7c6ccc6cccnc67)ccc5n4)c4ccccc4nc3c2NC1. The minimum absolute atomic E-state index is 0.798. The molecule has 5 nitrogen and oxygen atoms in total. The summed E-state index contributed by atoms with van der Waals surface area (Å²) in [6.45, 7) is 0.798. The van der Waals surface area contributed by atoms with Crippen molar-refractivity contribution in [3.05, 3.63) is 121 Å². The number of fused-ring (bicyclic) bond motifs is 8. The Balaban J connectivity index is 1.23. The molecule has 0 fully saturated rings. The largest absolute Gasteiger partial charge is 0.379 e. The zero-order valence-electron chi connectivity index (χ0n) is 22.5. The van der Waals surface area contributed by atoms with Gasteiger partial charge in [0.1, 0.15) is 0 Å². The highest BCUT2D eigenvalue weighted by molar-refractivity contribution is 6.13. The summed E-state index contributed by atoms with van der Waals surface area (Å²) in [5, 5.41) is 9.02. The first-order chi connectivity index (χ1) is 20.8. The molecule has 1 aliphatic heterocycles. The second kappa shape index (κ2) is 8.91. The fourth-order valence-electron chi connectivity index (χ4n) is 6.36. The van der Waals surface area contributed by atoms with E-state index < -0.39 is 0 Å². The molecule has 4 aromatic carbocycles. The Labute approximate surface area is 241 Å². The number of rotatable bonds is 2. The maximum Gasteiger partial charge on any atom is 0.0970 e. The van der Waals surface area contributed by atoms with Gasteiger partial charge in [0, 0.05) is 51.4 Å². The first-order valence-electron chi connectivity index (χ1n) is 14.1. The van der Waals surface area contributed by atoms with E-state index in [2.05, 4.69) is 107 Å². The second-order valence-electron chi connectivity index (χ2n) is 10.7. The molecule has 0 bridgehead atoms. The molecule has 1 N–H and O–H groups in total. The van der Waals surface area contributed by atoms with E-state index in [4.69, 9.17) is 15.0 Å². The van der Waals surface area contributed by atoms with Crippen molar-refractivity contribution in [2.45, 2.75) is 0 Å². The lowest BCUT2D eigenvalue weighted by Crippen LogP contribution is -2.06. The third-order valence-corrected chi connectivity index (χ3v) is 8.32. The molecule has 0 saturated heterocycles. The molecule has 0 atom stereocenters. The smallest absolute Gasteiger partial charge is 0.0970 e. The standard InChI is InChI=1S/C37H23N5/c1-2-8-31-28(7-1)33(29-14-10-23-6-4-19-39-35(23)37(29)42-31)32-16-12-25-21-24(11-15-30(25)41-32)26-17-20-40-36-27(26)13-9-22-5-3-18-38-34(22)36/h1-18,20-21,39H,19H2. The van der Waals surface area contributed by atoms with Crippen molar-refractivity contribution in [2.75, 3.05) is 11.9 Å². The van der Waals surface area contributed by atoms with E-state index in [-0.39, 0.29) is 0 Å². The van der Waals surface area contributed by atoms with Crippen LogP contribution >= 0.6 is 0 Å². The summed E-state index contributed by atoms with van der Waals surface area (Å²) in [6, 6.07) is 33.9. The predicted molar refractivity (Wildman–Crippen MR) is 174 cm³/mol. The van der Waals surface area contributed by atoms with Crippen molar-refractivity contribution < 1.29 is 0 Å². The van der Waals surface area contributed by atoms with Gasteiger partial charge >= 0.3 is 0 Å². The van der Waals surface area contributed by atoms with Crippen LogP contribution in [0.4, 0.5) is 5.69 Å². The molecule has 5 heterocycles. The van der Waals surface area contributed by atoms with Crippen LogP contribution in [0.25, 0.3) is 83.0 Å². The van der Waals surface area contributed by atoms with Gasteiger partial charge < -0.3 is 5.32 Å². The molecule has 8 aromatic rings. The van der Waals surface area contributed by atoms with E-state index in [0.29, 0.717) is 0 Å². The van der Waals surface area contributed by atoms with Gasteiger partial charge in [0.05, 0.1) is 39.0 Å². The van der Waals surface area contributed by atoms with Crippen molar-refractivity contribution >= 4 is 66.3 Å². The van der Waals surface area contributed by atoms with E-state index in [9.17, 15) is 0 Å². The van der Waals surface area contributed by atoms with Gasteiger partial charge in [-0.3, -0.25) is 9.97 Å². The number of benzene rings is 4. The van der Waals surface area contributed by atoms with Gasteiger partial charge in [-0.25, -0.2) is 9.97 Å². The lowest BCUT2D eigenvalue weighted by atomic mass is 9.95. The average molecular weight is 538 g/mol. The van der Waals surface area contributed by atoms with Crippen LogP contribution in [-0.2, 0) is 0 Å². The molecule has 0 radical (unpaired) electrons. The summed E-state index contributed by atoms with van der Waals surface area (Å²) in [6.07, 6.45) is 8.01. The predicted octanol–water partition coefficient (Wildman–Crippen LogP) is 8.81. The van der Waals surface area contributed by atoms with Crippen LogP contribution in [0.5, 0.6) is 0 Å². The molecule has 9 rings (SSSR count). The van der Waals surface area contributed by atoms with Crippen LogP contribution in [0.2, 0.25) is 0 Å². The van der Waals surface area contributed by atoms with Gasteiger partial charge in [-0.05, 0) is 53.1 Å². The minimum atomic E-state index is 0.798. The van der Waals surface area contributed by atoms with Crippen LogP contribution in [0.1, 0.15) is 5.56 Å². The van der Waals surface area contributed by atoms with Gasteiger partial charge in [0.2, 0.25) is 0 Å².